The van der Waals surface area contributed by atoms with Crippen LogP contribution in [0.2, 0.25) is 5.02 Å². The van der Waals surface area contributed by atoms with Crippen LogP contribution in [-0.4, -0.2) is 149 Å². The fourth-order valence-electron chi connectivity index (χ4n) is 9.21. The molecule has 6 heterocycles. The van der Waals surface area contributed by atoms with Crippen molar-refractivity contribution in [3.63, 3.8) is 0 Å². The summed E-state index contributed by atoms with van der Waals surface area (Å²) in [6.45, 7) is 17.0. The van der Waals surface area contributed by atoms with Gasteiger partial charge < -0.3 is 34.6 Å². The summed E-state index contributed by atoms with van der Waals surface area (Å²) in [6.07, 6.45) is 15.9. The Balaban J connectivity index is 0.000000227. The summed E-state index contributed by atoms with van der Waals surface area (Å²) < 4.78 is 6.44. The van der Waals surface area contributed by atoms with E-state index in [1.165, 1.54) is 32.1 Å². The molecule has 3 aromatic rings. The Labute approximate surface area is 381 Å². The van der Waals surface area contributed by atoms with E-state index in [1.54, 1.807) is 6.33 Å². The summed E-state index contributed by atoms with van der Waals surface area (Å²) in [5, 5.41) is 7.94. The van der Waals surface area contributed by atoms with Gasteiger partial charge in [-0.15, -0.1) is 0 Å². The molecular formula is C46H73ClN10O4S. The number of carbonyl (C=O) groups is 3. The molecule has 1 aromatic carbocycles. The zero-order valence-corrected chi connectivity index (χ0v) is 39.2. The van der Waals surface area contributed by atoms with Crippen LogP contribution in [0.1, 0.15) is 97.0 Å². The number of nitrogens with zero attached hydrogens (tertiary/aromatic N) is 7. The first-order valence-electron chi connectivity index (χ1n) is 23.3. The van der Waals surface area contributed by atoms with E-state index in [1.807, 2.05) is 55.3 Å². The average molecular weight is 898 g/mol. The highest BCUT2D eigenvalue weighted by molar-refractivity contribution is 7.59. The topological polar surface area (TPSA) is 142 Å². The minimum Gasteiger partial charge on any atom is -0.375 e. The predicted molar refractivity (Wildman–Crippen MR) is 253 cm³/mol. The van der Waals surface area contributed by atoms with Gasteiger partial charge in [0.25, 0.3) is 0 Å². The Morgan fingerprint density at radius 2 is 1.44 bits per heavy atom. The zero-order chi connectivity index (χ0) is 43.0. The maximum absolute atomic E-state index is 12.7. The molecule has 14 nitrogen and oxygen atoms in total. The number of likely N-dealkylation sites (tertiary alicyclic amines) is 2. The first kappa shape index (κ1) is 49.5. The SMILES string of the molecule is CC.CCN1CCN(C(=O)CN2CCC(OC3CCN(C(=O)CC4CCCCC4)CC3)CC2)CC1.O=C(NCc1ccc(Cl)cc1)C1CCN(c2ncnc3[nH]ccc23)CN1.S. The second-order valence-electron chi connectivity index (χ2n) is 17.0. The van der Waals surface area contributed by atoms with Crippen molar-refractivity contribution < 1.29 is 19.1 Å². The van der Waals surface area contributed by atoms with E-state index in [4.69, 9.17) is 16.3 Å². The number of hydrogen-bond donors (Lipinski definition) is 3. The first-order valence-corrected chi connectivity index (χ1v) is 23.6. The van der Waals surface area contributed by atoms with Crippen molar-refractivity contribution in [1.29, 1.82) is 0 Å². The number of amides is 3. The number of nitrogens with one attached hydrogen (secondary N) is 3. The number of rotatable bonds is 11. The molecule has 0 spiro atoms. The van der Waals surface area contributed by atoms with Crippen LogP contribution >= 0.6 is 25.1 Å². The Morgan fingerprint density at radius 1 is 0.774 bits per heavy atom. The molecule has 4 aliphatic heterocycles. The van der Waals surface area contributed by atoms with Gasteiger partial charge in [0.05, 0.1) is 36.8 Å². The number of piperazine rings is 1. The molecule has 1 aliphatic carbocycles. The maximum Gasteiger partial charge on any atom is 0.237 e. The molecule has 3 amide bonds. The van der Waals surface area contributed by atoms with Crippen molar-refractivity contribution in [2.75, 3.05) is 83.6 Å². The third kappa shape index (κ3) is 14.5. The van der Waals surface area contributed by atoms with Crippen molar-refractivity contribution in [3.8, 4) is 0 Å². The Morgan fingerprint density at radius 3 is 2.08 bits per heavy atom. The van der Waals surface area contributed by atoms with Gasteiger partial charge in [0.2, 0.25) is 17.7 Å². The van der Waals surface area contributed by atoms with Crippen LogP contribution in [0.3, 0.4) is 0 Å². The van der Waals surface area contributed by atoms with E-state index in [0.29, 0.717) is 49.1 Å². The number of aromatic amines is 1. The van der Waals surface area contributed by atoms with Gasteiger partial charge in [-0.05, 0) is 81.2 Å². The number of carbonyl (C=O) groups excluding carboxylic acids is 3. The lowest BCUT2D eigenvalue weighted by molar-refractivity contribution is -0.138. The number of halogens is 1. The molecule has 16 heteroatoms. The number of hydrogen-bond acceptors (Lipinski definition) is 10. The molecule has 2 aromatic heterocycles. The monoisotopic (exact) mass is 897 g/mol. The zero-order valence-electron chi connectivity index (χ0n) is 37.5. The summed E-state index contributed by atoms with van der Waals surface area (Å²) in [5.41, 5.74) is 1.84. The second-order valence-corrected chi connectivity index (χ2v) is 17.4. The smallest absolute Gasteiger partial charge is 0.237 e. The van der Waals surface area contributed by atoms with E-state index in [-0.39, 0.29) is 37.5 Å². The van der Waals surface area contributed by atoms with Crippen LogP contribution in [-0.2, 0) is 25.7 Å². The molecule has 0 bridgehead atoms. The fourth-order valence-corrected chi connectivity index (χ4v) is 9.33. The first-order chi connectivity index (χ1) is 29.8. The van der Waals surface area contributed by atoms with Gasteiger partial charge in [-0.2, -0.15) is 13.5 Å². The molecule has 5 aliphatic rings. The van der Waals surface area contributed by atoms with Crippen molar-refractivity contribution >= 4 is 59.7 Å². The molecule has 8 rings (SSSR count). The fraction of sp³-hybridized carbons (Fsp3) is 0.674. The number of benzene rings is 1. The number of piperidine rings is 2. The highest BCUT2D eigenvalue weighted by Crippen LogP contribution is 2.28. The van der Waals surface area contributed by atoms with Crippen LogP contribution in [0.5, 0.6) is 0 Å². The van der Waals surface area contributed by atoms with Crippen LogP contribution in [0.4, 0.5) is 5.82 Å². The number of H-pyrrole nitrogens is 1. The predicted octanol–water partition coefficient (Wildman–Crippen LogP) is 5.79. The molecule has 0 radical (unpaired) electrons. The van der Waals surface area contributed by atoms with Gasteiger partial charge in [0.15, 0.2) is 0 Å². The Kier molecular flexibility index (Phi) is 20.6. The van der Waals surface area contributed by atoms with Crippen molar-refractivity contribution in [3.05, 3.63) is 53.4 Å². The molecule has 1 saturated carbocycles. The summed E-state index contributed by atoms with van der Waals surface area (Å²) in [4.78, 5) is 60.4. The van der Waals surface area contributed by atoms with Crippen molar-refractivity contribution in [1.82, 2.24) is 45.2 Å². The average Bonchev–Trinajstić information content (AvgIpc) is 3.81. The molecular weight excluding hydrogens is 824 g/mol. The van der Waals surface area contributed by atoms with E-state index in [2.05, 4.69) is 52.1 Å². The van der Waals surface area contributed by atoms with E-state index >= 15 is 0 Å². The lowest BCUT2D eigenvalue weighted by Gasteiger charge is -2.38. The maximum atomic E-state index is 12.7. The van der Waals surface area contributed by atoms with E-state index in [0.717, 1.165) is 120 Å². The van der Waals surface area contributed by atoms with Crippen LogP contribution in [0.25, 0.3) is 11.0 Å². The van der Waals surface area contributed by atoms with Gasteiger partial charge in [-0.25, -0.2) is 9.97 Å². The van der Waals surface area contributed by atoms with Gasteiger partial charge >= 0.3 is 0 Å². The number of anilines is 1. The number of ether oxygens (including phenoxy) is 1. The van der Waals surface area contributed by atoms with E-state index < -0.39 is 0 Å². The lowest BCUT2D eigenvalue weighted by atomic mass is 9.86. The number of likely N-dealkylation sites (N-methyl/N-ethyl adjacent to an activating group) is 1. The Bertz CT molecular complexity index is 1780. The van der Waals surface area contributed by atoms with Crippen LogP contribution < -0.4 is 15.5 Å². The summed E-state index contributed by atoms with van der Waals surface area (Å²) in [7, 11) is 0. The molecule has 5 fully saturated rings. The molecule has 1 unspecified atom stereocenters. The largest absolute Gasteiger partial charge is 0.375 e. The second kappa shape index (κ2) is 25.7. The van der Waals surface area contributed by atoms with Gasteiger partial charge in [0.1, 0.15) is 17.8 Å². The van der Waals surface area contributed by atoms with Gasteiger partial charge in [-0.1, -0.05) is 63.8 Å². The minimum absolute atomic E-state index is 0. The van der Waals surface area contributed by atoms with Crippen LogP contribution in [0.15, 0.2) is 42.9 Å². The highest BCUT2D eigenvalue weighted by atomic mass is 35.5. The van der Waals surface area contributed by atoms with Gasteiger partial charge in [0, 0.05) is 83.1 Å². The third-order valence-corrected chi connectivity index (χ3v) is 13.2. The molecule has 344 valence electrons. The molecule has 62 heavy (non-hydrogen) atoms. The standard InChI is InChI=1S/C26H46N4O3.C18H19ClN6O.C2H6.H2S/c1-2-27-16-18-30(19-17-27)26(32)21-28-12-8-23(9-13-28)33-24-10-14-29(15-11-24)25(31)20-22-6-4-3-5-7-22;19-13-3-1-12(2-4-13)9-21-18(26)15-6-8-25(11-24-15)17-14-5-7-20-16(14)22-10-23-17;1-2;/h22-24H,2-21H2,1H3;1-5,7,10,15,24H,6,8-9,11H2,(H,21,26)(H,20,22,23);1-2H3;1H2. The summed E-state index contributed by atoms with van der Waals surface area (Å²) in [5.74, 6) is 2.17. The van der Waals surface area contributed by atoms with Crippen molar-refractivity contribution in [2.24, 2.45) is 5.92 Å². The lowest BCUT2D eigenvalue weighted by Crippen LogP contribution is -2.54. The van der Waals surface area contributed by atoms with E-state index in [9.17, 15) is 14.4 Å². The Hall–Kier alpha value is -3.47. The molecule has 3 N–H and O–H groups in total. The number of fused-ring (bicyclic) bond motifs is 1. The minimum atomic E-state index is -0.206. The van der Waals surface area contributed by atoms with Crippen LogP contribution in [0, 0.1) is 5.92 Å². The highest BCUT2D eigenvalue weighted by Gasteiger charge is 2.30. The summed E-state index contributed by atoms with van der Waals surface area (Å²) >= 11 is 5.88. The van der Waals surface area contributed by atoms with Crippen molar-refractivity contribution in [2.45, 2.75) is 116 Å². The van der Waals surface area contributed by atoms with Gasteiger partial charge in [-0.3, -0.25) is 24.6 Å². The quantitative estimate of drug-likeness (QED) is 0.217. The molecule has 1 atom stereocenters. The molecule has 4 saturated heterocycles. The number of aromatic nitrogens is 3. The summed E-state index contributed by atoms with van der Waals surface area (Å²) in [6, 6.07) is 9.23. The normalized spacial score (nSPS) is 21.0. The third-order valence-electron chi connectivity index (χ3n) is 13.0.